The molecular weight excluding hydrogens is 266 g/mol. The Morgan fingerprint density at radius 3 is 1.45 bits per heavy atom. The van der Waals surface area contributed by atoms with Crippen LogP contribution in [0.15, 0.2) is 0 Å². The highest BCUT2D eigenvalue weighted by molar-refractivity contribution is 6.65. The summed E-state index contributed by atoms with van der Waals surface area (Å²) in [7, 11) is 1.76. The van der Waals surface area contributed by atoms with Gasteiger partial charge in [0.2, 0.25) is 0 Å². The van der Waals surface area contributed by atoms with E-state index in [1.165, 1.54) is 51.6 Å². The minimum Gasteiger partial charge on any atom is -0.398 e. The Kier molecular flexibility index (Phi) is 19.2. The van der Waals surface area contributed by atoms with Gasteiger partial charge < -0.3 is 14.2 Å². The molecule has 0 aliphatic heterocycles. The molecule has 0 aromatic rings. The van der Waals surface area contributed by atoms with E-state index < -0.39 is 8.56 Å². The molecule has 20 heavy (non-hydrogen) atoms. The van der Waals surface area contributed by atoms with Crippen LogP contribution in [0.3, 0.4) is 0 Å². The second-order valence-corrected chi connectivity index (χ2v) is 9.04. The minimum absolute atomic E-state index is 1.08. The van der Waals surface area contributed by atoms with Crippen LogP contribution in [0.25, 0.3) is 0 Å². The van der Waals surface area contributed by atoms with Crippen molar-refractivity contribution in [2.24, 2.45) is 0 Å². The maximum atomic E-state index is 5.24. The Morgan fingerprint density at radius 1 is 0.750 bits per heavy atom. The van der Waals surface area contributed by atoms with Gasteiger partial charge in [0.15, 0.2) is 0 Å². The fourth-order valence-corrected chi connectivity index (χ4v) is 3.35. The third-order valence-electron chi connectivity index (χ3n) is 3.48. The summed E-state index contributed by atoms with van der Waals surface area (Å²) in [6, 6.07) is 1.08. The Morgan fingerprint density at radius 2 is 1.20 bits per heavy atom. The van der Waals surface area contributed by atoms with E-state index in [2.05, 4.69) is 32.6 Å². The number of rotatable bonds is 12. The molecule has 0 saturated carbocycles. The maximum Gasteiger partial charge on any atom is 0.334 e. The van der Waals surface area contributed by atoms with Crippen LogP contribution in [0.1, 0.15) is 65.7 Å². The quantitative estimate of drug-likeness (QED) is 0.418. The van der Waals surface area contributed by atoms with Crippen molar-refractivity contribution in [2.75, 3.05) is 27.3 Å². The van der Waals surface area contributed by atoms with E-state index >= 15 is 0 Å². The van der Waals surface area contributed by atoms with Gasteiger partial charge in [-0.1, -0.05) is 52.9 Å². The van der Waals surface area contributed by atoms with Crippen LogP contribution in [0.5, 0.6) is 0 Å². The smallest absolute Gasteiger partial charge is 0.334 e. The molecule has 4 heteroatoms. The van der Waals surface area contributed by atoms with Crippen molar-refractivity contribution >= 4 is 8.56 Å². The maximum absolute atomic E-state index is 5.24. The third-order valence-corrected chi connectivity index (χ3v) is 6.62. The summed E-state index contributed by atoms with van der Waals surface area (Å²) in [5, 5.41) is 3.46. The van der Waals surface area contributed by atoms with Gasteiger partial charge in [-0.15, -0.1) is 0 Å². The van der Waals surface area contributed by atoms with Crippen LogP contribution in [0.4, 0.5) is 0 Å². The van der Waals surface area contributed by atoms with Crippen LogP contribution < -0.4 is 5.32 Å². The molecule has 0 saturated heterocycles. The van der Waals surface area contributed by atoms with E-state index in [-0.39, 0.29) is 0 Å². The number of nitrogens with one attached hydrogen (secondary N) is 1. The van der Waals surface area contributed by atoms with E-state index in [9.17, 15) is 0 Å². The van der Waals surface area contributed by atoms with Gasteiger partial charge in [-0.2, -0.15) is 0 Å². The Labute approximate surface area is 129 Å². The molecule has 0 atom stereocenters. The zero-order valence-corrected chi connectivity index (χ0v) is 15.9. The van der Waals surface area contributed by atoms with E-state index in [0.29, 0.717) is 0 Å². The van der Waals surface area contributed by atoms with Crippen molar-refractivity contribution in [3.05, 3.63) is 0 Å². The van der Waals surface area contributed by atoms with E-state index in [4.69, 9.17) is 8.85 Å². The van der Waals surface area contributed by atoms with Crippen molar-refractivity contribution < 1.29 is 8.85 Å². The summed E-state index contributed by atoms with van der Waals surface area (Å²) in [5.74, 6) is 0. The molecule has 0 rings (SSSR count). The first-order chi connectivity index (χ1) is 9.60. The highest BCUT2D eigenvalue weighted by Crippen LogP contribution is 2.12. The molecule has 0 radical (unpaired) electrons. The monoisotopic (exact) mass is 305 g/mol. The van der Waals surface area contributed by atoms with Gasteiger partial charge in [-0.25, -0.2) is 0 Å². The molecule has 0 fully saturated rings. The fourth-order valence-electron chi connectivity index (χ4n) is 1.87. The molecule has 124 valence electrons. The topological polar surface area (TPSA) is 30.5 Å². The van der Waals surface area contributed by atoms with Gasteiger partial charge in [0, 0.05) is 14.2 Å². The summed E-state index contributed by atoms with van der Waals surface area (Å²) in [6.45, 7) is 11.2. The van der Waals surface area contributed by atoms with Gasteiger partial charge >= 0.3 is 8.56 Å². The van der Waals surface area contributed by atoms with Gasteiger partial charge in [0.1, 0.15) is 0 Å². The van der Waals surface area contributed by atoms with Gasteiger partial charge in [-0.05, 0) is 38.5 Å². The minimum atomic E-state index is -1.70. The van der Waals surface area contributed by atoms with E-state index in [1.54, 1.807) is 14.2 Å². The van der Waals surface area contributed by atoms with E-state index in [1.807, 2.05) is 0 Å². The predicted molar refractivity (Wildman–Crippen MR) is 92.7 cm³/mol. The lowest BCUT2D eigenvalue weighted by Gasteiger charge is -2.21. The van der Waals surface area contributed by atoms with Crippen molar-refractivity contribution in [3.63, 3.8) is 0 Å². The van der Waals surface area contributed by atoms with Crippen molar-refractivity contribution in [2.45, 2.75) is 78.3 Å². The largest absolute Gasteiger partial charge is 0.398 e. The van der Waals surface area contributed by atoms with Crippen molar-refractivity contribution in [1.29, 1.82) is 0 Å². The summed E-state index contributed by atoms with van der Waals surface area (Å²) in [4.78, 5) is 0. The van der Waals surface area contributed by atoms with Gasteiger partial charge in [-0.3, -0.25) is 0 Å². The van der Waals surface area contributed by atoms with Crippen LogP contribution >= 0.6 is 0 Å². The fraction of sp³-hybridized carbons (Fsp3) is 1.00. The second-order valence-electron chi connectivity index (χ2n) is 5.46. The first-order valence-corrected chi connectivity index (χ1v) is 10.9. The molecule has 0 aromatic carbocycles. The molecule has 3 nitrogen and oxygen atoms in total. The van der Waals surface area contributed by atoms with Gasteiger partial charge in [0.05, 0.1) is 0 Å². The molecule has 1 N–H and O–H groups in total. The molecule has 0 heterocycles. The Hall–Kier alpha value is 0.0969. The standard InChI is InChI=1S/C10H23N.C6H16O2Si/c1-3-5-7-9-11-10-8-6-4-2;1-5-6-9(4,7-2)8-3/h11H,3-10H2,1-2H3;5-6H2,1-4H3. The summed E-state index contributed by atoms with van der Waals surface area (Å²) in [6.07, 6.45) is 9.25. The highest BCUT2D eigenvalue weighted by Gasteiger charge is 2.26. The number of hydrogen-bond donors (Lipinski definition) is 1. The average molecular weight is 306 g/mol. The lowest BCUT2D eigenvalue weighted by molar-refractivity contribution is 0.249. The molecule has 0 aromatic heterocycles. The summed E-state index contributed by atoms with van der Waals surface area (Å²) >= 11 is 0. The van der Waals surface area contributed by atoms with Crippen LogP contribution in [0.2, 0.25) is 12.6 Å². The lowest BCUT2D eigenvalue weighted by Crippen LogP contribution is -2.35. The van der Waals surface area contributed by atoms with Crippen LogP contribution in [-0.2, 0) is 8.85 Å². The lowest BCUT2D eigenvalue weighted by atomic mass is 10.2. The van der Waals surface area contributed by atoms with Crippen molar-refractivity contribution in [3.8, 4) is 0 Å². The molecule has 0 bridgehead atoms. The molecule has 0 unspecified atom stereocenters. The summed E-state index contributed by atoms with van der Waals surface area (Å²) in [5.41, 5.74) is 0. The zero-order valence-electron chi connectivity index (χ0n) is 14.9. The van der Waals surface area contributed by atoms with Crippen LogP contribution in [-0.4, -0.2) is 35.9 Å². The normalized spacial score (nSPS) is 11.1. The second kappa shape index (κ2) is 17.1. The number of unbranched alkanes of at least 4 members (excludes halogenated alkanes) is 4. The van der Waals surface area contributed by atoms with Crippen molar-refractivity contribution in [1.82, 2.24) is 5.32 Å². The highest BCUT2D eigenvalue weighted by atomic mass is 28.4. The molecule has 0 aliphatic rings. The molecular formula is C16H39NO2Si. The molecule has 0 spiro atoms. The third kappa shape index (κ3) is 16.2. The summed E-state index contributed by atoms with van der Waals surface area (Å²) < 4.78 is 10.5. The molecule has 0 aliphatic carbocycles. The SMILES string of the molecule is CCCCCNCCCCC.CCC[Si](C)(OC)OC. The predicted octanol–water partition coefficient (Wildman–Crippen LogP) is 4.72. The van der Waals surface area contributed by atoms with Gasteiger partial charge in [0.25, 0.3) is 0 Å². The Bertz CT molecular complexity index is 168. The number of hydrogen-bond acceptors (Lipinski definition) is 3. The zero-order chi connectivity index (χ0) is 15.7. The first kappa shape index (κ1) is 22.4. The Balaban J connectivity index is 0. The van der Waals surface area contributed by atoms with Crippen LogP contribution in [0, 0.1) is 0 Å². The average Bonchev–Trinajstić information content (AvgIpc) is 2.47. The first-order valence-electron chi connectivity index (χ1n) is 8.41. The molecule has 0 amide bonds. The van der Waals surface area contributed by atoms with E-state index in [0.717, 1.165) is 12.5 Å².